The Morgan fingerprint density at radius 1 is 1.15 bits per heavy atom. The topological polar surface area (TPSA) is 49.6 Å². The maximum absolute atomic E-state index is 11.3. The Balaban J connectivity index is 1.71. The van der Waals surface area contributed by atoms with Crippen molar-refractivity contribution in [3.05, 3.63) is 42.5 Å². The van der Waals surface area contributed by atoms with E-state index in [1.54, 1.807) is 11.8 Å². The predicted octanol–water partition coefficient (Wildman–Crippen LogP) is 4.94. The van der Waals surface area contributed by atoms with Crippen LogP contribution in [0.25, 0.3) is 0 Å². The second kappa shape index (κ2) is 7.55. The monoisotopic (exact) mass is 385 g/mol. The van der Waals surface area contributed by atoms with Gasteiger partial charge in [0, 0.05) is 27.3 Å². The van der Waals surface area contributed by atoms with Crippen molar-refractivity contribution in [2.24, 2.45) is 5.73 Å². The molecule has 1 amide bonds. The highest BCUT2D eigenvalue weighted by Gasteiger charge is 2.29. The number of nitrogens with two attached hydrogens (primary N) is 1. The number of para-hydroxylation sites is 1. The highest BCUT2D eigenvalue weighted by molar-refractivity contribution is 8.13. The van der Waals surface area contributed by atoms with Gasteiger partial charge in [-0.3, -0.25) is 4.79 Å². The zero-order valence-electron chi connectivity index (χ0n) is 14.9. The standard InChI is InChI=1S/C20H23N3OS2/c1-14(13-22-10-4-5-11-22)23-16-6-2-3-7-18(16)26-19-9-8-15(12-17(19)23)25-20(21)24/h2-3,6-9,12,14H,4-5,10-11,13H2,1H3,(H2,21,24). The predicted molar refractivity (Wildman–Crippen MR) is 110 cm³/mol. The first-order valence-electron chi connectivity index (χ1n) is 9.01. The number of amides is 1. The molecule has 4 nitrogen and oxygen atoms in total. The third-order valence-electron chi connectivity index (χ3n) is 4.91. The number of hydrogen-bond acceptors (Lipinski definition) is 5. The minimum absolute atomic E-state index is 0.350. The second-order valence-electron chi connectivity index (χ2n) is 6.85. The molecule has 1 saturated heterocycles. The van der Waals surface area contributed by atoms with E-state index in [0.29, 0.717) is 6.04 Å². The third kappa shape index (κ3) is 3.59. The molecule has 0 bridgehead atoms. The molecule has 6 heteroatoms. The summed E-state index contributed by atoms with van der Waals surface area (Å²) >= 11 is 2.89. The average Bonchev–Trinajstić information content (AvgIpc) is 3.12. The van der Waals surface area contributed by atoms with E-state index < -0.39 is 0 Å². The minimum atomic E-state index is -0.370. The normalized spacial score (nSPS) is 17.7. The quantitative estimate of drug-likeness (QED) is 0.755. The fourth-order valence-corrected chi connectivity index (χ4v) is 5.43. The number of carbonyl (C=O) groups is 1. The van der Waals surface area contributed by atoms with Crippen molar-refractivity contribution in [3.63, 3.8) is 0 Å². The number of likely N-dealkylation sites (tertiary alicyclic amines) is 1. The molecule has 2 N–H and O–H groups in total. The lowest BCUT2D eigenvalue weighted by atomic mass is 10.1. The molecule has 136 valence electrons. The van der Waals surface area contributed by atoms with Gasteiger partial charge in [0.1, 0.15) is 0 Å². The molecule has 2 aliphatic rings. The largest absolute Gasteiger partial charge is 0.360 e. The van der Waals surface area contributed by atoms with Crippen LogP contribution in [-0.4, -0.2) is 35.8 Å². The molecule has 1 unspecified atom stereocenters. The van der Waals surface area contributed by atoms with Crippen molar-refractivity contribution in [3.8, 4) is 0 Å². The van der Waals surface area contributed by atoms with Gasteiger partial charge in [0.25, 0.3) is 5.24 Å². The Kier molecular flexibility index (Phi) is 5.16. The lowest BCUT2D eigenvalue weighted by Crippen LogP contribution is -2.40. The molecular weight excluding hydrogens is 362 g/mol. The summed E-state index contributed by atoms with van der Waals surface area (Å²) in [5.74, 6) is 0. The molecule has 2 heterocycles. The molecule has 1 atom stereocenters. The summed E-state index contributed by atoms with van der Waals surface area (Å²) in [7, 11) is 0. The van der Waals surface area contributed by atoms with Crippen LogP contribution in [0.1, 0.15) is 19.8 Å². The van der Waals surface area contributed by atoms with Gasteiger partial charge in [-0.1, -0.05) is 23.9 Å². The first kappa shape index (κ1) is 17.8. The molecule has 0 spiro atoms. The lowest BCUT2D eigenvalue weighted by molar-refractivity contribution is 0.267. The van der Waals surface area contributed by atoms with E-state index in [1.807, 2.05) is 6.07 Å². The first-order valence-corrected chi connectivity index (χ1v) is 10.6. The number of thioether (sulfide) groups is 1. The minimum Gasteiger partial charge on any atom is -0.360 e. The first-order chi connectivity index (χ1) is 12.6. The Labute approximate surface area is 163 Å². The van der Waals surface area contributed by atoms with Crippen LogP contribution in [0.2, 0.25) is 0 Å². The van der Waals surface area contributed by atoms with E-state index in [-0.39, 0.29) is 5.24 Å². The molecule has 0 saturated carbocycles. The second-order valence-corrected chi connectivity index (χ2v) is 9.01. The summed E-state index contributed by atoms with van der Waals surface area (Å²) in [6, 6.07) is 15.1. The number of benzene rings is 2. The number of rotatable bonds is 4. The van der Waals surface area contributed by atoms with Gasteiger partial charge in [-0.15, -0.1) is 0 Å². The van der Waals surface area contributed by atoms with Crippen LogP contribution in [0.3, 0.4) is 0 Å². The number of fused-ring (bicyclic) bond motifs is 2. The van der Waals surface area contributed by atoms with Gasteiger partial charge in [-0.05, 0) is 74.9 Å². The van der Waals surface area contributed by atoms with Gasteiger partial charge in [0.2, 0.25) is 0 Å². The van der Waals surface area contributed by atoms with Gasteiger partial charge in [-0.2, -0.15) is 0 Å². The van der Waals surface area contributed by atoms with Crippen LogP contribution in [-0.2, 0) is 0 Å². The van der Waals surface area contributed by atoms with Crippen LogP contribution in [0, 0.1) is 0 Å². The fourth-order valence-electron chi connectivity index (χ4n) is 3.84. The van der Waals surface area contributed by atoms with Crippen LogP contribution < -0.4 is 10.6 Å². The number of primary amides is 1. The zero-order chi connectivity index (χ0) is 18.1. The van der Waals surface area contributed by atoms with Crippen molar-refractivity contribution in [1.29, 1.82) is 0 Å². The molecular formula is C20H23N3OS2. The number of nitrogens with zero attached hydrogens (tertiary/aromatic N) is 2. The van der Waals surface area contributed by atoms with Crippen molar-refractivity contribution in [1.82, 2.24) is 4.90 Å². The Bertz CT molecular complexity index is 820. The summed E-state index contributed by atoms with van der Waals surface area (Å²) in [4.78, 5) is 19.7. The number of anilines is 2. The highest BCUT2D eigenvalue weighted by Crippen LogP contribution is 2.49. The van der Waals surface area contributed by atoms with Gasteiger partial charge in [0.05, 0.1) is 11.4 Å². The van der Waals surface area contributed by atoms with E-state index in [1.165, 1.54) is 47.1 Å². The molecule has 4 rings (SSSR count). The van der Waals surface area contributed by atoms with Crippen molar-refractivity contribution in [2.75, 3.05) is 24.5 Å². The van der Waals surface area contributed by atoms with Crippen molar-refractivity contribution >= 4 is 40.1 Å². The van der Waals surface area contributed by atoms with Gasteiger partial charge >= 0.3 is 0 Å². The van der Waals surface area contributed by atoms with E-state index in [0.717, 1.165) is 23.2 Å². The van der Waals surface area contributed by atoms with Crippen molar-refractivity contribution < 1.29 is 4.79 Å². The lowest BCUT2D eigenvalue weighted by Gasteiger charge is -2.39. The molecule has 0 aromatic heterocycles. The fraction of sp³-hybridized carbons (Fsp3) is 0.350. The molecule has 1 fully saturated rings. The highest BCUT2D eigenvalue weighted by atomic mass is 32.2. The summed E-state index contributed by atoms with van der Waals surface area (Å²) in [6.07, 6.45) is 2.60. The Morgan fingerprint density at radius 2 is 1.88 bits per heavy atom. The van der Waals surface area contributed by atoms with Crippen LogP contribution >= 0.6 is 23.5 Å². The molecule has 0 radical (unpaired) electrons. The molecule has 2 aliphatic heterocycles. The van der Waals surface area contributed by atoms with Crippen LogP contribution in [0.4, 0.5) is 16.2 Å². The third-order valence-corrected chi connectivity index (χ3v) is 6.74. The summed E-state index contributed by atoms with van der Waals surface area (Å²) < 4.78 is 0. The molecule has 26 heavy (non-hydrogen) atoms. The van der Waals surface area contributed by atoms with E-state index in [4.69, 9.17) is 5.73 Å². The Hall–Kier alpha value is -1.63. The van der Waals surface area contributed by atoms with Crippen LogP contribution in [0.5, 0.6) is 0 Å². The van der Waals surface area contributed by atoms with Crippen molar-refractivity contribution in [2.45, 2.75) is 40.5 Å². The van der Waals surface area contributed by atoms with Gasteiger partial charge < -0.3 is 15.5 Å². The number of hydrogen-bond donors (Lipinski definition) is 1. The maximum Gasteiger partial charge on any atom is 0.281 e. The summed E-state index contributed by atoms with van der Waals surface area (Å²) in [5.41, 5.74) is 7.80. The summed E-state index contributed by atoms with van der Waals surface area (Å²) in [5, 5.41) is -0.370. The van der Waals surface area contributed by atoms with Gasteiger partial charge in [-0.25, -0.2) is 0 Å². The molecule has 2 aromatic rings. The SMILES string of the molecule is CC(CN1CCCC1)N1c2ccccc2Sc2ccc(SC(N)=O)cc21. The maximum atomic E-state index is 11.3. The average molecular weight is 386 g/mol. The van der Waals surface area contributed by atoms with E-state index >= 15 is 0 Å². The summed E-state index contributed by atoms with van der Waals surface area (Å²) in [6.45, 7) is 5.73. The Morgan fingerprint density at radius 3 is 2.65 bits per heavy atom. The van der Waals surface area contributed by atoms with E-state index in [9.17, 15) is 4.79 Å². The smallest absolute Gasteiger partial charge is 0.281 e. The van der Waals surface area contributed by atoms with Gasteiger partial charge in [0.15, 0.2) is 0 Å². The zero-order valence-corrected chi connectivity index (χ0v) is 16.5. The number of carbonyl (C=O) groups excluding carboxylic acids is 1. The van der Waals surface area contributed by atoms with E-state index in [2.05, 4.69) is 53.1 Å². The van der Waals surface area contributed by atoms with Crippen LogP contribution in [0.15, 0.2) is 57.2 Å². The molecule has 2 aromatic carbocycles. The molecule has 0 aliphatic carbocycles.